The zero-order valence-corrected chi connectivity index (χ0v) is 9.61. The topological polar surface area (TPSA) is 92.4 Å². The molecule has 0 aliphatic rings. The SMILES string of the molecule is C=CCC(NC(=O)CC(CC)CN)C(=O)O. The van der Waals surface area contributed by atoms with Crippen molar-refractivity contribution in [1.82, 2.24) is 5.32 Å². The highest BCUT2D eigenvalue weighted by Crippen LogP contribution is 2.06. The molecule has 0 aliphatic carbocycles. The van der Waals surface area contributed by atoms with Gasteiger partial charge in [0.1, 0.15) is 6.04 Å². The van der Waals surface area contributed by atoms with Gasteiger partial charge in [-0.05, 0) is 18.9 Å². The van der Waals surface area contributed by atoms with E-state index in [2.05, 4.69) is 11.9 Å². The summed E-state index contributed by atoms with van der Waals surface area (Å²) in [5.41, 5.74) is 5.47. The van der Waals surface area contributed by atoms with E-state index in [9.17, 15) is 9.59 Å². The van der Waals surface area contributed by atoms with Gasteiger partial charge < -0.3 is 16.2 Å². The quantitative estimate of drug-likeness (QED) is 0.528. The van der Waals surface area contributed by atoms with Gasteiger partial charge in [-0.3, -0.25) is 4.79 Å². The van der Waals surface area contributed by atoms with Gasteiger partial charge in [-0.2, -0.15) is 0 Å². The minimum absolute atomic E-state index is 0.109. The molecular weight excluding hydrogens is 208 g/mol. The third kappa shape index (κ3) is 5.50. The minimum Gasteiger partial charge on any atom is -0.480 e. The third-order valence-electron chi connectivity index (χ3n) is 2.42. The molecule has 0 aromatic heterocycles. The summed E-state index contributed by atoms with van der Waals surface area (Å²) in [6.07, 6.45) is 2.77. The summed E-state index contributed by atoms with van der Waals surface area (Å²) in [6, 6.07) is -0.889. The average molecular weight is 228 g/mol. The molecular formula is C11H20N2O3. The van der Waals surface area contributed by atoms with Gasteiger partial charge in [0.25, 0.3) is 0 Å². The fraction of sp³-hybridized carbons (Fsp3) is 0.636. The zero-order chi connectivity index (χ0) is 12.6. The van der Waals surface area contributed by atoms with E-state index < -0.39 is 12.0 Å². The summed E-state index contributed by atoms with van der Waals surface area (Å²) < 4.78 is 0. The molecule has 2 unspecified atom stereocenters. The standard InChI is InChI=1S/C11H20N2O3/c1-3-5-9(11(15)16)13-10(14)6-8(4-2)7-12/h3,8-9H,1,4-7,12H2,2H3,(H,13,14)(H,15,16). The highest BCUT2D eigenvalue weighted by molar-refractivity contribution is 5.83. The van der Waals surface area contributed by atoms with Crippen molar-refractivity contribution >= 4 is 11.9 Å². The van der Waals surface area contributed by atoms with Gasteiger partial charge in [-0.15, -0.1) is 6.58 Å². The van der Waals surface area contributed by atoms with Crippen LogP contribution in [0.3, 0.4) is 0 Å². The number of hydrogen-bond donors (Lipinski definition) is 3. The van der Waals surface area contributed by atoms with E-state index in [0.717, 1.165) is 6.42 Å². The first-order valence-corrected chi connectivity index (χ1v) is 5.38. The van der Waals surface area contributed by atoms with Crippen molar-refractivity contribution in [2.45, 2.75) is 32.2 Å². The first kappa shape index (κ1) is 14.6. The van der Waals surface area contributed by atoms with Crippen LogP contribution in [0.2, 0.25) is 0 Å². The number of nitrogens with one attached hydrogen (secondary N) is 1. The maximum Gasteiger partial charge on any atom is 0.326 e. The fourth-order valence-electron chi connectivity index (χ4n) is 1.30. The molecule has 0 saturated heterocycles. The summed E-state index contributed by atoms with van der Waals surface area (Å²) >= 11 is 0. The van der Waals surface area contributed by atoms with Crippen LogP contribution in [0.15, 0.2) is 12.7 Å². The Balaban J connectivity index is 4.18. The molecule has 0 aromatic rings. The number of carbonyl (C=O) groups excluding carboxylic acids is 1. The lowest BCUT2D eigenvalue weighted by atomic mass is 10.0. The van der Waals surface area contributed by atoms with Gasteiger partial charge in [0.05, 0.1) is 0 Å². The lowest BCUT2D eigenvalue weighted by Gasteiger charge is -2.15. The van der Waals surface area contributed by atoms with Crippen LogP contribution < -0.4 is 11.1 Å². The second-order valence-corrected chi connectivity index (χ2v) is 3.70. The van der Waals surface area contributed by atoms with Crippen LogP contribution in [0.1, 0.15) is 26.2 Å². The van der Waals surface area contributed by atoms with E-state index in [-0.39, 0.29) is 24.7 Å². The summed E-state index contributed by atoms with van der Waals surface area (Å²) in [6.45, 7) is 5.83. The number of carboxylic acids is 1. The highest BCUT2D eigenvalue weighted by atomic mass is 16.4. The molecule has 0 aliphatic heterocycles. The number of aliphatic carboxylic acids is 1. The Morgan fingerprint density at radius 3 is 2.56 bits per heavy atom. The lowest BCUT2D eigenvalue weighted by Crippen LogP contribution is -2.41. The number of nitrogens with two attached hydrogens (primary N) is 1. The maximum absolute atomic E-state index is 11.5. The minimum atomic E-state index is -1.05. The third-order valence-corrected chi connectivity index (χ3v) is 2.42. The molecule has 0 bridgehead atoms. The summed E-state index contributed by atoms with van der Waals surface area (Å²) in [7, 11) is 0. The monoisotopic (exact) mass is 228 g/mol. The predicted octanol–water partition coefficient (Wildman–Crippen LogP) is 0.507. The van der Waals surface area contributed by atoms with Crippen molar-refractivity contribution < 1.29 is 14.7 Å². The van der Waals surface area contributed by atoms with Crippen molar-refractivity contribution in [1.29, 1.82) is 0 Å². The van der Waals surface area contributed by atoms with E-state index >= 15 is 0 Å². The van der Waals surface area contributed by atoms with Gasteiger partial charge in [0.15, 0.2) is 0 Å². The number of rotatable bonds is 8. The second kappa shape index (κ2) is 7.87. The van der Waals surface area contributed by atoms with Crippen LogP contribution >= 0.6 is 0 Å². The normalized spacial score (nSPS) is 13.9. The first-order chi connectivity index (χ1) is 7.54. The van der Waals surface area contributed by atoms with Gasteiger partial charge in [0.2, 0.25) is 5.91 Å². The second-order valence-electron chi connectivity index (χ2n) is 3.70. The van der Waals surface area contributed by atoms with Crippen molar-refractivity contribution in [2.24, 2.45) is 11.7 Å². The number of amides is 1. The van der Waals surface area contributed by atoms with Gasteiger partial charge in [-0.1, -0.05) is 19.4 Å². The Morgan fingerprint density at radius 1 is 1.56 bits per heavy atom. The van der Waals surface area contributed by atoms with Gasteiger partial charge in [-0.25, -0.2) is 4.79 Å². The predicted molar refractivity (Wildman–Crippen MR) is 61.8 cm³/mol. The highest BCUT2D eigenvalue weighted by Gasteiger charge is 2.19. The van der Waals surface area contributed by atoms with Crippen molar-refractivity contribution in [3.8, 4) is 0 Å². The molecule has 92 valence electrons. The molecule has 0 rings (SSSR count). The first-order valence-electron chi connectivity index (χ1n) is 5.38. The molecule has 0 aromatic carbocycles. The van der Waals surface area contributed by atoms with Gasteiger partial charge >= 0.3 is 5.97 Å². The van der Waals surface area contributed by atoms with Crippen LogP contribution in [-0.4, -0.2) is 29.6 Å². The number of carbonyl (C=O) groups is 2. The van der Waals surface area contributed by atoms with Crippen LogP contribution in [0.5, 0.6) is 0 Å². The van der Waals surface area contributed by atoms with E-state index in [1.807, 2.05) is 6.92 Å². The lowest BCUT2D eigenvalue weighted by molar-refractivity contribution is -0.141. The molecule has 0 spiro atoms. The molecule has 0 saturated carbocycles. The van der Waals surface area contributed by atoms with Crippen LogP contribution in [0.25, 0.3) is 0 Å². The van der Waals surface area contributed by atoms with E-state index in [1.54, 1.807) is 0 Å². The number of carboxylic acid groups (broad SMARTS) is 1. The summed E-state index contributed by atoms with van der Waals surface area (Å²) in [5, 5.41) is 11.3. The number of hydrogen-bond acceptors (Lipinski definition) is 3. The van der Waals surface area contributed by atoms with E-state index in [4.69, 9.17) is 10.8 Å². The maximum atomic E-state index is 11.5. The van der Waals surface area contributed by atoms with Crippen molar-refractivity contribution in [3.05, 3.63) is 12.7 Å². The average Bonchev–Trinajstić information content (AvgIpc) is 2.25. The van der Waals surface area contributed by atoms with E-state index in [0.29, 0.717) is 6.54 Å². The summed E-state index contributed by atoms with van der Waals surface area (Å²) in [5.74, 6) is -1.21. The van der Waals surface area contributed by atoms with E-state index in [1.165, 1.54) is 6.08 Å². The molecule has 0 fully saturated rings. The Labute approximate surface area is 95.7 Å². The molecule has 5 nitrogen and oxygen atoms in total. The zero-order valence-electron chi connectivity index (χ0n) is 9.61. The fourth-order valence-corrected chi connectivity index (χ4v) is 1.30. The summed E-state index contributed by atoms with van der Waals surface area (Å²) in [4.78, 5) is 22.3. The van der Waals surface area contributed by atoms with Crippen molar-refractivity contribution in [2.75, 3.05) is 6.54 Å². The Morgan fingerprint density at radius 2 is 2.19 bits per heavy atom. The molecule has 1 amide bonds. The van der Waals surface area contributed by atoms with Crippen LogP contribution in [0.4, 0.5) is 0 Å². The molecule has 16 heavy (non-hydrogen) atoms. The molecule has 5 heteroatoms. The van der Waals surface area contributed by atoms with Crippen molar-refractivity contribution in [3.63, 3.8) is 0 Å². The molecule has 2 atom stereocenters. The van der Waals surface area contributed by atoms with Crippen LogP contribution in [-0.2, 0) is 9.59 Å². The Kier molecular flexibility index (Phi) is 7.20. The Hall–Kier alpha value is -1.36. The van der Waals surface area contributed by atoms with Gasteiger partial charge in [0, 0.05) is 6.42 Å². The van der Waals surface area contributed by atoms with Crippen LogP contribution in [0, 0.1) is 5.92 Å². The molecule has 0 radical (unpaired) electrons. The molecule has 4 N–H and O–H groups in total. The smallest absolute Gasteiger partial charge is 0.326 e. The largest absolute Gasteiger partial charge is 0.480 e. The Bertz CT molecular complexity index is 250. The molecule has 0 heterocycles.